The van der Waals surface area contributed by atoms with Crippen molar-refractivity contribution >= 4 is 34.4 Å². The molecule has 3 heterocycles. The molecule has 5 rings (SSSR count). The number of pyridine rings is 2. The van der Waals surface area contributed by atoms with Gasteiger partial charge in [-0.05, 0) is 55.9 Å². The van der Waals surface area contributed by atoms with Crippen molar-refractivity contribution in [2.75, 3.05) is 13.7 Å². The van der Waals surface area contributed by atoms with E-state index in [1.165, 1.54) is 19.3 Å². The monoisotopic (exact) mass is 598 g/mol. The van der Waals surface area contributed by atoms with Crippen LogP contribution < -0.4 is 21.1 Å². The third-order valence-corrected chi connectivity index (χ3v) is 7.61. The molecule has 10 nitrogen and oxygen atoms in total. The summed E-state index contributed by atoms with van der Waals surface area (Å²) in [5, 5.41) is 5.43. The molecule has 1 aliphatic rings. The van der Waals surface area contributed by atoms with Crippen molar-refractivity contribution in [2.45, 2.75) is 44.7 Å². The van der Waals surface area contributed by atoms with Crippen LogP contribution in [-0.2, 0) is 11.3 Å². The van der Waals surface area contributed by atoms with Crippen LogP contribution in [0, 0.1) is 5.92 Å². The number of nitrogens with one attached hydrogen (secondary N) is 2. The number of nitrogens with zero attached hydrogens (tertiary/aromatic N) is 4. The van der Waals surface area contributed by atoms with Crippen LogP contribution in [0.5, 0.6) is 5.88 Å². The van der Waals surface area contributed by atoms with Gasteiger partial charge in [-0.3, -0.25) is 23.7 Å². The normalized spacial score (nSPS) is 16.9. The van der Waals surface area contributed by atoms with E-state index in [0.717, 1.165) is 30.1 Å². The summed E-state index contributed by atoms with van der Waals surface area (Å²) in [6.45, 7) is 0.324. The van der Waals surface area contributed by atoms with Gasteiger partial charge < -0.3 is 15.4 Å². The van der Waals surface area contributed by atoms with E-state index in [1.807, 2.05) is 24.3 Å². The van der Waals surface area contributed by atoms with Crippen molar-refractivity contribution in [2.24, 2.45) is 5.92 Å². The van der Waals surface area contributed by atoms with Crippen LogP contribution in [0.1, 0.15) is 48.2 Å². The van der Waals surface area contributed by atoms with Gasteiger partial charge in [0.05, 0.1) is 33.5 Å². The molecule has 220 valence electrons. The third-order valence-electron chi connectivity index (χ3n) is 7.40. The van der Waals surface area contributed by atoms with E-state index >= 15 is 0 Å². The number of hydrogen-bond acceptors (Lipinski definition) is 6. The van der Waals surface area contributed by atoms with Crippen molar-refractivity contribution in [3.63, 3.8) is 0 Å². The molecule has 0 radical (unpaired) electrons. The van der Waals surface area contributed by atoms with Gasteiger partial charge in [0.25, 0.3) is 18.2 Å². The van der Waals surface area contributed by atoms with Crippen molar-refractivity contribution in [1.82, 2.24) is 29.7 Å². The molecular weight excluding hydrogens is 570 g/mol. The fourth-order valence-electron chi connectivity index (χ4n) is 5.25. The van der Waals surface area contributed by atoms with E-state index < -0.39 is 18.0 Å². The summed E-state index contributed by atoms with van der Waals surface area (Å²) in [6.07, 6.45) is 2.50. The van der Waals surface area contributed by atoms with Crippen LogP contribution >= 0.6 is 11.6 Å². The predicted molar refractivity (Wildman–Crippen MR) is 152 cm³/mol. The van der Waals surface area contributed by atoms with Crippen molar-refractivity contribution in [3.05, 3.63) is 81.6 Å². The van der Waals surface area contributed by atoms with Crippen LogP contribution in [0.4, 0.5) is 8.78 Å². The number of aromatic nitrogens is 4. The van der Waals surface area contributed by atoms with Crippen molar-refractivity contribution < 1.29 is 23.1 Å². The number of ether oxygens (including phenoxy) is 1. The maximum Gasteiger partial charge on any atom is 0.333 e. The second-order valence-electron chi connectivity index (χ2n) is 10.1. The minimum Gasteiger partial charge on any atom is -0.468 e. The molecule has 0 aliphatic heterocycles. The second kappa shape index (κ2) is 12.7. The highest BCUT2D eigenvalue weighted by Gasteiger charge is 2.27. The molecule has 1 aromatic carbocycles. The van der Waals surface area contributed by atoms with Crippen LogP contribution in [0.3, 0.4) is 0 Å². The number of benzene rings is 1. The lowest BCUT2D eigenvalue weighted by atomic mass is 9.85. The fraction of sp³-hybridized carbons (Fsp3) is 0.345. The number of amides is 2. The Morgan fingerprint density at radius 2 is 1.81 bits per heavy atom. The summed E-state index contributed by atoms with van der Waals surface area (Å²) in [7, 11) is 1.52. The lowest BCUT2D eigenvalue weighted by Gasteiger charge is -2.29. The van der Waals surface area contributed by atoms with Crippen LogP contribution in [0.25, 0.3) is 16.7 Å². The number of fused-ring (bicyclic) bond motifs is 1. The Kier molecular flexibility index (Phi) is 8.81. The topological polar surface area (TPSA) is 120 Å². The maximum absolute atomic E-state index is 13.7. The SMILES string of the molecule is CNC(=O)COc1ccc(-n2c(=O)n(C[C@H]3CC[C@H](NC(=O)c4cc(Cl)cnc4C(F)F)CC3)c3ccccc32)cn1. The number of likely N-dealkylation sites (N-methyl/N-ethyl adjacent to an activating group) is 1. The third kappa shape index (κ3) is 6.28. The number of halogens is 3. The molecular formula is C29H29ClF2N6O4. The fourth-order valence-corrected chi connectivity index (χ4v) is 5.41. The first-order valence-electron chi connectivity index (χ1n) is 13.5. The molecule has 2 amide bonds. The van der Waals surface area contributed by atoms with Gasteiger partial charge in [0.2, 0.25) is 5.88 Å². The highest BCUT2D eigenvalue weighted by molar-refractivity contribution is 6.30. The van der Waals surface area contributed by atoms with Crippen LogP contribution in [0.15, 0.2) is 59.7 Å². The van der Waals surface area contributed by atoms with Gasteiger partial charge in [-0.1, -0.05) is 23.7 Å². The zero-order chi connectivity index (χ0) is 29.8. The minimum atomic E-state index is -2.89. The number of alkyl halides is 2. The van der Waals surface area contributed by atoms with Gasteiger partial charge in [0.15, 0.2) is 6.61 Å². The number of imidazole rings is 1. The van der Waals surface area contributed by atoms with E-state index in [0.29, 0.717) is 25.1 Å². The molecule has 3 aromatic heterocycles. The summed E-state index contributed by atoms with van der Waals surface area (Å²) in [6, 6.07) is 11.8. The van der Waals surface area contributed by atoms with Gasteiger partial charge >= 0.3 is 5.69 Å². The molecule has 1 saturated carbocycles. The van der Waals surface area contributed by atoms with E-state index in [9.17, 15) is 23.2 Å². The Balaban J connectivity index is 1.27. The van der Waals surface area contributed by atoms with Crippen molar-refractivity contribution in [3.8, 4) is 11.6 Å². The number of hydrogen-bond donors (Lipinski definition) is 2. The van der Waals surface area contributed by atoms with Crippen molar-refractivity contribution in [1.29, 1.82) is 0 Å². The quantitative estimate of drug-likeness (QED) is 0.297. The van der Waals surface area contributed by atoms with Crippen LogP contribution in [-0.4, -0.2) is 50.6 Å². The molecule has 0 saturated heterocycles. The van der Waals surface area contributed by atoms with Gasteiger partial charge in [0, 0.05) is 31.9 Å². The lowest BCUT2D eigenvalue weighted by molar-refractivity contribution is -0.122. The smallest absolute Gasteiger partial charge is 0.333 e. The first kappa shape index (κ1) is 29.2. The number of carbonyl (C=O) groups excluding carboxylic acids is 2. The first-order chi connectivity index (χ1) is 20.2. The predicted octanol–water partition coefficient (Wildman–Crippen LogP) is 4.29. The van der Waals surface area contributed by atoms with Gasteiger partial charge in [-0.2, -0.15) is 0 Å². The maximum atomic E-state index is 13.7. The highest BCUT2D eigenvalue weighted by Crippen LogP contribution is 2.29. The Morgan fingerprint density at radius 3 is 2.48 bits per heavy atom. The number of rotatable bonds is 9. The Hall–Kier alpha value is -4.32. The molecule has 0 atom stereocenters. The zero-order valence-electron chi connectivity index (χ0n) is 22.7. The molecule has 4 aromatic rings. The average molecular weight is 599 g/mol. The summed E-state index contributed by atoms with van der Waals surface area (Å²) in [5.74, 6) is -0.462. The zero-order valence-corrected chi connectivity index (χ0v) is 23.5. The highest BCUT2D eigenvalue weighted by atomic mass is 35.5. The Labute approximate surface area is 244 Å². The molecule has 0 unspecified atom stereocenters. The Morgan fingerprint density at radius 1 is 1.07 bits per heavy atom. The van der Waals surface area contributed by atoms with E-state index in [2.05, 4.69) is 20.6 Å². The number of para-hydroxylation sites is 2. The summed E-state index contributed by atoms with van der Waals surface area (Å²) in [5.41, 5.74) is 1.05. The number of carbonyl (C=O) groups is 2. The van der Waals surface area contributed by atoms with Crippen LogP contribution in [0.2, 0.25) is 5.02 Å². The molecule has 1 fully saturated rings. The van der Waals surface area contributed by atoms with Gasteiger partial charge in [-0.15, -0.1) is 0 Å². The van der Waals surface area contributed by atoms with E-state index in [4.69, 9.17) is 16.3 Å². The molecule has 0 bridgehead atoms. The average Bonchev–Trinajstić information content (AvgIpc) is 3.27. The molecule has 2 N–H and O–H groups in total. The second-order valence-corrected chi connectivity index (χ2v) is 10.5. The molecule has 42 heavy (non-hydrogen) atoms. The summed E-state index contributed by atoms with van der Waals surface area (Å²) in [4.78, 5) is 45.7. The summed E-state index contributed by atoms with van der Waals surface area (Å²) < 4.78 is 35.4. The molecule has 0 spiro atoms. The molecule has 1 aliphatic carbocycles. The van der Waals surface area contributed by atoms with E-state index in [-0.39, 0.29) is 46.6 Å². The lowest BCUT2D eigenvalue weighted by Crippen LogP contribution is -2.39. The largest absolute Gasteiger partial charge is 0.468 e. The molecule has 13 heteroatoms. The standard InChI is InChI=1S/C29H29ClF2N6O4/c1-33-24(39)16-42-25-11-10-20(14-34-25)38-23-5-3-2-4-22(23)37(29(38)41)15-17-6-8-19(9-7-17)36-28(40)21-12-18(30)13-35-26(21)27(31)32/h2-5,10-14,17,19,27H,6-9,15-16H2,1H3,(H,33,39)(H,36,40)/t17-,19-. The Bertz CT molecular complexity index is 1650. The van der Waals surface area contributed by atoms with Gasteiger partial charge in [-0.25, -0.2) is 18.6 Å². The van der Waals surface area contributed by atoms with Gasteiger partial charge in [0.1, 0.15) is 5.69 Å². The summed E-state index contributed by atoms with van der Waals surface area (Å²) >= 11 is 5.90. The minimum absolute atomic E-state index is 0.110. The first-order valence-corrected chi connectivity index (χ1v) is 13.9. The van der Waals surface area contributed by atoms with E-state index in [1.54, 1.807) is 21.3 Å².